The van der Waals surface area contributed by atoms with E-state index in [9.17, 15) is 0 Å². The number of hydrogen-bond acceptors (Lipinski definition) is 3. The van der Waals surface area contributed by atoms with Crippen molar-refractivity contribution in [3.05, 3.63) is 28.8 Å². The molecule has 1 saturated carbocycles. The molecule has 1 fully saturated rings. The van der Waals surface area contributed by atoms with E-state index in [0.717, 1.165) is 24.5 Å². The van der Waals surface area contributed by atoms with E-state index in [4.69, 9.17) is 26.8 Å². The molecule has 1 aliphatic rings. The highest BCUT2D eigenvalue weighted by Crippen LogP contribution is 2.30. The third-order valence-corrected chi connectivity index (χ3v) is 4.44. The third kappa shape index (κ3) is 4.11. The molecule has 2 atom stereocenters. The van der Waals surface area contributed by atoms with Crippen LogP contribution in [0.15, 0.2) is 18.2 Å². The van der Waals surface area contributed by atoms with E-state index in [1.54, 1.807) is 7.11 Å². The average Bonchev–Trinajstić information content (AvgIpc) is 2.48. The van der Waals surface area contributed by atoms with Crippen LogP contribution in [0.5, 0.6) is 5.75 Å². The summed E-state index contributed by atoms with van der Waals surface area (Å²) in [6.07, 6.45) is 5.07. The number of halogens is 1. The van der Waals surface area contributed by atoms with Crippen LogP contribution in [0.1, 0.15) is 31.2 Å². The minimum absolute atomic E-state index is 0.539. The first-order valence-corrected chi connectivity index (χ1v) is 7.72. The summed E-state index contributed by atoms with van der Waals surface area (Å²) in [5.41, 5.74) is 6.85. The molecule has 0 amide bonds. The molecule has 112 valence electrons. The van der Waals surface area contributed by atoms with Crippen molar-refractivity contribution in [1.29, 1.82) is 0 Å². The molecule has 2 unspecified atom stereocenters. The fraction of sp³-hybridized carbons (Fsp3) is 0.625. The van der Waals surface area contributed by atoms with Crippen LogP contribution in [0.3, 0.4) is 0 Å². The second kappa shape index (κ2) is 7.87. The predicted octanol–water partition coefficient (Wildman–Crippen LogP) is 3.63. The lowest BCUT2D eigenvalue weighted by atomic mass is 9.80. The highest BCUT2D eigenvalue weighted by molar-refractivity contribution is 6.30. The third-order valence-electron chi connectivity index (χ3n) is 4.20. The van der Waals surface area contributed by atoms with Crippen LogP contribution in [0.4, 0.5) is 0 Å². The first-order chi connectivity index (χ1) is 9.74. The van der Waals surface area contributed by atoms with Gasteiger partial charge in [-0.1, -0.05) is 24.4 Å². The summed E-state index contributed by atoms with van der Waals surface area (Å²) >= 11 is 6.02. The van der Waals surface area contributed by atoms with Gasteiger partial charge in [-0.3, -0.25) is 0 Å². The van der Waals surface area contributed by atoms with Crippen molar-refractivity contribution in [3.8, 4) is 5.75 Å². The van der Waals surface area contributed by atoms with Crippen LogP contribution < -0.4 is 10.5 Å². The summed E-state index contributed by atoms with van der Waals surface area (Å²) in [5.74, 6) is 2.04. The van der Waals surface area contributed by atoms with E-state index in [2.05, 4.69) is 0 Å². The van der Waals surface area contributed by atoms with Crippen molar-refractivity contribution in [1.82, 2.24) is 0 Å². The molecule has 0 saturated heterocycles. The summed E-state index contributed by atoms with van der Waals surface area (Å²) in [6, 6.07) is 5.61. The van der Waals surface area contributed by atoms with Crippen molar-refractivity contribution < 1.29 is 9.47 Å². The number of benzene rings is 1. The zero-order chi connectivity index (χ0) is 14.4. The van der Waals surface area contributed by atoms with E-state index in [1.807, 2.05) is 18.2 Å². The summed E-state index contributed by atoms with van der Waals surface area (Å²) in [5, 5.41) is 0.710. The van der Waals surface area contributed by atoms with Crippen molar-refractivity contribution in [2.75, 3.05) is 20.3 Å². The van der Waals surface area contributed by atoms with Crippen molar-refractivity contribution in [2.45, 2.75) is 32.3 Å². The van der Waals surface area contributed by atoms with Gasteiger partial charge in [0.25, 0.3) is 0 Å². The molecular weight excluding hydrogens is 274 g/mol. The topological polar surface area (TPSA) is 44.5 Å². The Morgan fingerprint density at radius 3 is 2.70 bits per heavy atom. The number of hydrogen-bond donors (Lipinski definition) is 1. The summed E-state index contributed by atoms with van der Waals surface area (Å²) in [6.45, 7) is 2.09. The van der Waals surface area contributed by atoms with Crippen molar-refractivity contribution in [2.24, 2.45) is 17.6 Å². The SMILES string of the molecule is COc1ccc(Cl)cc1COCC1CCCCC1CN. The van der Waals surface area contributed by atoms with E-state index >= 15 is 0 Å². The molecule has 3 nitrogen and oxygen atoms in total. The normalized spacial score (nSPS) is 22.8. The molecule has 2 rings (SSSR count). The quantitative estimate of drug-likeness (QED) is 0.872. The molecule has 4 heteroatoms. The zero-order valence-corrected chi connectivity index (χ0v) is 12.9. The van der Waals surface area contributed by atoms with Gasteiger partial charge in [0, 0.05) is 10.6 Å². The molecule has 2 N–H and O–H groups in total. The fourth-order valence-corrected chi connectivity index (χ4v) is 3.19. The zero-order valence-electron chi connectivity index (χ0n) is 12.1. The van der Waals surface area contributed by atoms with Gasteiger partial charge < -0.3 is 15.2 Å². The molecule has 0 bridgehead atoms. The summed E-state index contributed by atoms with van der Waals surface area (Å²) in [7, 11) is 1.67. The fourth-order valence-electron chi connectivity index (χ4n) is 2.99. The molecule has 1 aliphatic carbocycles. The Bertz CT molecular complexity index is 425. The maximum absolute atomic E-state index is 6.02. The van der Waals surface area contributed by atoms with Crippen molar-refractivity contribution in [3.63, 3.8) is 0 Å². The minimum Gasteiger partial charge on any atom is -0.496 e. The first-order valence-electron chi connectivity index (χ1n) is 7.34. The Balaban J connectivity index is 1.87. The molecule has 1 aromatic rings. The van der Waals surface area contributed by atoms with Gasteiger partial charge in [0.05, 0.1) is 20.3 Å². The predicted molar refractivity (Wildman–Crippen MR) is 82.2 cm³/mol. The summed E-state index contributed by atoms with van der Waals surface area (Å²) < 4.78 is 11.2. The molecule has 0 radical (unpaired) electrons. The van der Waals surface area contributed by atoms with Gasteiger partial charge in [0.1, 0.15) is 5.75 Å². The number of methoxy groups -OCH3 is 1. The standard InChI is InChI=1S/C16H24ClNO2/c1-19-16-7-6-15(17)8-14(16)11-20-10-13-5-3-2-4-12(13)9-18/h6-8,12-13H,2-5,9-11,18H2,1H3. The van der Waals surface area contributed by atoms with Gasteiger partial charge >= 0.3 is 0 Å². The Morgan fingerprint density at radius 1 is 1.25 bits per heavy atom. The second-order valence-electron chi connectivity index (χ2n) is 5.51. The molecule has 0 spiro atoms. The van der Waals surface area contributed by atoms with Crippen LogP contribution >= 0.6 is 11.6 Å². The van der Waals surface area contributed by atoms with Crippen molar-refractivity contribution >= 4 is 11.6 Å². The lowest BCUT2D eigenvalue weighted by Crippen LogP contribution is -2.29. The monoisotopic (exact) mass is 297 g/mol. The maximum atomic E-state index is 6.02. The smallest absolute Gasteiger partial charge is 0.124 e. The average molecular weight is 298 g/mol. The lowest BCUT2D eigenvalue weighted by Gasteiger charge is -2.30. The van der Waals surface area contributed by atoms with Gasteiger partial charge in [-0.15, -0.1) is 0 Å². The van der Waals surface area contributed by atoms with Crippen LogP contribution in [-0.4, -0.2) is 20.3 Å². The van der Waals surface area contributed by atoms with Crippen LogP contribution in [0.2, 0.25) is 5.02 Å². The molecule has 0 aliphatic heterocycles. The van der Waals surface area contributed by atoms with Gasteiger partial charge in [0.15, 0.2) is 0 Å². The molecule has 0 aromatic heterocycles. The Hall–Kier alpha value is -0.770. The Morgan fingerprint density at radius 2 is 2.00 bits per heavy atom. The highest BCUT2D eigenvalue weighted by Gasteiger charge is 2.24. The van der Waals surface area contributed by atoms with Crippen LogP contribution in [-0.2, 0) is 11.3 Å². The van der Waals surface area contributed by atoms with E-state index in [0.29, 0.717) is 23.5 Å². The van der Waals surface area contributed by atoms with Gasteiger partial charge in [-0.05, 0) is 49.4 Å². The molecule has 20 heavy (non-hydrogen) atoms. The number of ether oxygens (including phenoxy) is 2. The number of nitrogens with two attached hydrogens (primary N) is 1. The Kier molecular flexibility index (Phi) is 6.14. The van der Waals surface area contributed by atoms with Crippen LogP contribution in [0.25, 0.3) is 0 Å². The lowest BCUT2D eigenvalue weighted by molar-refractivity contribution is 0.0503. The van der Waals surface area contributed by atoms with E-state index in [-0.39, 0.29) is 0 Å². The molecule has 1 aromatic carbocycles. The first kappa shape index (κ1) is 15.6. The van der Waals surface area contributed by atoms with Gasteiger partial charge in [0.2, 0.25) is 0 Å². The highest BCUT2D eigenvalue weighted by atomic mass is 35.5. The number of rotatable bonds is 6. The summed E-state index contributed by atoms with van der Waals surface area (Å²) in [4.78, 5) is 0. The van der Waals surface area contributed by atoms with Crippen LogP contribution in [0, 0.1) is 11.8 Å². The van der Waals surface area contributed by atoms with Gasteiger partial charge in [-0.2, -0.15) is 0 Å². The second-order valence-corrected chi connectivity index (χ2v) is 5.95. The molecule has 0 heterocycles. The van der Waals surface area contributed by atoms with E-state index < -0.39 is 0 Å². The Labute approximate surface area is 126 Å². The van der Waals surface area contributed by atoms with E-state index in [1.165, 1.54) is 25.7 Å². The largest absolute Gasteiger partial charge is 0.496 e. The maximum Gasteiger partial charge on any atom is 0.124 e. The minimum atomic E-state index is 0.539. The molecular formula is C16H24ClNO2. The van der Waals surface area contributed by atoms with Gasteiger partial charge in [-0.25, -0.2) is 0 Å².